The SMILES string of the molecule is CCOC(=O)c1ccc(NC(=O)[C@@H]2Oc3ccccc3O[C@@H]2C)cc1. The number of hydrogen-bond donors (Lipinski definition) is 1. The van der Waals surface area contributed by atoms with Crippen molar-refractivity contribution >= 4 is 17.6 Å². The number of amides is 1. The van der Waals surface area contributed by atoms with Crippen LogP contribution >= 0.6 is 0 Å². The van der Waals surface area contributed by atoms with Crippen LogP contribution in [0.25, 0.3) is 0 Å². The van der Waals surface area contributed by atoms with Crippen molar-refractivity contribution in [1.82, 2.24) is 0 Å². The van der Waals surface area contributed by atoms with E-state index in [0.717, 1.165) is 0 Å². The van der Waals surface area contributed by atoms with Gasteiger partial charge in [0.05, 0.1) is 12.2 Å². The number of rotatable bonds is 4. The molecule has 0 aromatic heterocycles. The summed E-state index contributed by atoms with van der Waals surface area (Å²) in [7, 11) is 0. The van der Waals surface area contributed by atoms with Gasteiger partial charge in [-0.3, -0.25) is 4.79 Å². The number of esters is 1. The van der Waals surface area contributed by atoms with Crippen LogP contribution in [0.1, 0.15) is 24.2 Å². The van der Waals surface area contributed by atoms with Gasteiger partial charge in [0, 0.05) is 5.69 Å². The smallest absolute Gasteiger partial charge is 0.338 e. The zero-order chi connectivity index (χ0) is 17.8. The molecular formula is C19H19NO5. The predicted molar refractivity (Wildman–Crippen MR) is 92.0 cm³/mol. The van der Waals surface area contributed by atoms with Gasteiger partial charge in [0.15, 0.2) is 11.5 Å². The summed E-state index contributed by atoms with van der Waals surface area (Å²) >= 11 is 0. The Hall–Kier alpha value is -3.02. The lowest BCUT2D eigenvalue weighted by atomic mass is 10.1. The first kappa shape index (κ1) is 16.8. The second-order valence-corrected chi connectivity index (χ2v) is 5.60. The molecule has 0 spiro atoms. The molecule has 0 bridgehead atoms. The predicted octanol–water partition coefficient (Wildman–Crippen LogP) is 3.03. The van der Waals surface area contributed by atoms with E-state index in [1.54, 1.807) is 50.2 Å². The quantitative estimate of drug-likeness (QED) is 0.865. The minimum atomic E-state index is -0.764. The van der Waals surface area contributed by atoms with Gasteiger partial charge in [0.2, 0.25) is 6.10 Å². The summed E-state index contributed by atoms with van der Waals surface area (Å²) in [6.07, 6.45) is -1.19. The molecule has 130 valence electrons. The van der Waals surface area contributed by atoms with E-state index in [1.807, 2.05) is 12.1 Å². The number of nitrogens with one attached hydrogen (secondary N) is 1. The second kappa shape index (κ2) is 7.25. The van der Waals surface area contributed by atoms with Crippen LogP contribution in [-0.2, 0) is 9.53 Å². The minimum Gasteiger partial charge on any atom is -0.482 e. The monoisotopic (exact) mass is 341 g/mol. The number of benzene rings is 2. The van der Waals surface area contributed by atoms with E-state index in [4.69, 9.17) is 14.2 Å². The second-order valence-electron chi connectivity index (χ2n) is 5.60. The molecule has 25 heavy (non-hydrogen) atoms. The summed E-state index contributed by atoms with van der Waals surface area (Å²) in [5.74, 6) is 0.455. The Morgan fingerprint density at radius 3 is 2.32 bits per heavy atom. The van der Waals surface area contributed by atoms with Crippen molar-refractivity contribution in [3.63, 3.8) is 0 Å². The largest absolute Gasteiger partial charge is 0.482 e. The molecule has 1 heterocycles. The van der Waals surface area contributed by atoms with Crippen molar-refractivity contribution in [3.05, 3.63) is 54.1 Å². The lowest BCUT2D eigenvalue weighted by molar-refractivity contribution is -0.128. The van der Waals surface area contributed by atoms with Crippen molar-refractivity contribution in [2.75, 3.05) is 11.9 Å². The van der Waals surface area contributed by atoms with Crippen LogP contribution in [0.5, 0.6) is 11.5 Å². The van der Waals surface area contributed by atoms with Crippen LogP contribution in [0, 0.1) is 0 Å². The van der Waals surface area contributed by atoms with E-state index in [-0.39, 0.29) is 5.91 Å². The fraction of sp³-hybridized carbons (Fsp3) is 0.263. The van der Waals surface area contributed by atoms with Gasteiger partial charge in [0.1, 0.15) is 6.10 Å². The highest BCUT2D eigenvalue weighted by atomic mass is 16.6. The maximum Gasteiger partial charge on any atom is 0.338 e. The van der Waals surface area contributed by atoms with Crippen LogP contribution < -0.4 is 14.8 Å². The van der Waals surface area contributed by atoms with E-state index < -0.39 is 18.2 Å². The summed E-state index contributed by atoms with van der Waals surface area (Å²) in [6.45, 7) is 3.85. The van der Waals surface area contributed by atoms with E-state index in [0.29, 0.717) is 29.4 Å². The molecule has 1 aliphatic heterocycles. The summed E-state index contributed by atoms with van der Waals surface area (Å²) in [5.41, 5.74) is 0.993. The van der Waals surface area contributed by atoms with Crippen molar-refractivity contribution in [2.24, 2.45) is 0 Å². The highest BCUT2D eigenvalue weighted by molar-refractivity contribution is 5.96. The number of ether oxygens (including phenoxy) is 3. The zero-order valence-electron chi connectivity index (χ0n) is 14.0. The van der Waals surface area contributed by atoms with Crippen LogP contribution in [0.4, 0.5) is 5.69 Å². The molecule has 0 saturated heterocycles. The number of para-hydroxylation sites is 2. The number of carbonyl (C=O) groups is 2. The van der Waals surface area contributed by atoms with Crippen LogP contribution in [0.2, 0.25) is 0 Å². The highest BCUT2D eigenvalue weighted by Crippen LogP contribution is 2.33. The Bertz CT molecular complexity index is 772. The first-order chi connectivity index (χ1) is 12.1. The molecule has 1 N–H and O–H groups in total. The molecule has 0 unspecified atom stereocenters. The first-order valence-electron chi connectivity index (χ1n) is 8.09. The molecule has 0 aliphatic carbocycles. The molecule has 0 fully saturated rings. The Morgan fingerprint density at radius 2 is 1.68 bits per heavy atom. The number of anilines is 1. The molecule has 2 aromatic rings. The molecular weight excluding hydrogens is 322 g/mol. The average molecular weight is 341 g/mol. The standard InChI is InChI=1S/C19H19NO5/c1-3-23-19(22)13-8-10-14(11-9-13)20-18(21)17-12(2)24-15-6-4-5-7-16(15)25-17/h4-12,17H,3H2,1-2H3,(H,20,21)/t12-,17-/m1/s1. The molecule has 0 saturated carbocycles. The van der Waals surface area contributed by atoms with Crippen LogP contribution in [-0.4, -0.2) is 30.7 Å². The topological polar surface area (TPSA) is 73.9 Å². The summed E-state index contributed by atoms with van der Waals surface area (Å²) in [5, 5.41) is 2.77. The van der Waals surface area contributed by atoms with E-state index in [1.165, 1.54) is 0 Å². The number of fused-ring (bicyclic) bond motifs is 1. The van der Waals surface area contributed by atoms with Crippen molar-refractivity contribution < 1.29 is 23.8 Å². The van der Waals surface area contributed by atoms with Gasteiger partial charge < -0.3 is 19.5 Å². The van der Waals surface area contributed by atoms with Gasteiger partial charge in [-0.05, 0) is 50.2 Å². The van der Waals surface area contributed by atoms with Crippen LogP contribution in [0.3, 0.4) is 0 Å². The molecule has 6 nitrogen and oxygen atoms in total. The lowest BCUT2D eigenvalue weighted by Gasteiger charge is -2.31. The normalized spacial score (nSPS) is 18.3. The molecule has 2 atom stereocenters. The van der Waals surface area contributed by atoms with Crippen molar-refractivity contribution in [3.8, 4) is 11.5 Å². The summed E-state index contributed by atoms with van der Waals surface area (Å²) in [4.78, 5) is 24.1. The maximum atomic E-state index is 12.5. The molecule has 1 amide bonds. The van der Waals surface area contributed by atoms with Gasteiger partial charge in [0.25, 0.3) is 5.91 Å². The summed E-state index contributed by atoms with van der Waals surface area (Å²) in [6, 6.07) is 13.7. The fourth-order valence-corrected chi connectivity index (χ4v) is 2.52. The fourth-order valence-electron chi connectivity index (χ4n) is 2.52. The van der Waals surface area contributed by atoms with E-state index in [9.17, 15) is 9.59 Å². The zero-order valence-corrected chi connectivity index (χ0v) is 14.0. The molecule has 1 aliphatic rings. The molecule has 2 aromatic carbocycles. The Labute approximate surface area is 145 Å². The minimum absolute atomic E-state index is 0.314. The van der Waals surface area contributed by atoms with Gasteiger partial charge in [-0.15, -0.1) is 0 Å². The highest BCUT2D eigenvalue weighted by Gasteiger charge is 2.34. The van der Waals surface area contributed by atoms with Gasteiger partial charge >= 0.3 is 5.97 Å². The third kappa shape index (κ3) is 3.74. The third-order valence-electron chi connectivity index (χ3n) is 3.76. The maximum absolute atomic E-state index is 12.5. The van der Waals surface area contributed by atoms with Gasteiger partial charge in [-0.1, -0.05) is 12.1 Å². The van der Waals surface area contributed by atoms with Crippen molar-refractivity contribution in [2.45, 2.75) is 26.1 Å². The molecule has 3 rings (SSSR count). The van der Waals surface area contributed by atoms with E-state index in [2.05, 4.69) is 5.32 Å². The third-order valence-corrected chi connectivity index (χ3v) is 3.76. The molecule has 0 radical (unpaired) electrons. The Morgan fingerprint density at radius 1 is 1.04 bits per heavy atom. The number of carbonyl (C=O) groups excluding carboxylic acids is 2. The average Bonchev–Trinajstić information content (AvgIpc) is 2.62. The lowest BCUT2D eigenvalue weighted by Crippen LogP contribution is -2.46. The van der Waals surface area contributed by atoms with Gasteiger partial charge in [-0.25, -0.2) is 4.79 Å². The van der Waals surface area contributed by atoms with E-state index >= 15 is 0 Å². The Kier molecular flexibility index (Phi) is 4.88. The first-order valence-corrected chi connectivity index (χ1v) is 8.09. The van der Waals surface area contributed by atoms with Crippen molar-refractivity contribution in [1.29, 1.82) is 0 Å². The number of hydrogen-bond acceptors (Lipinski definition) is 5. The summed E-state index contributed by atoms with van der Waals surface area (Å²) < 4.78 is 16.4. The Balaban J connectivity index is 1.67. The van der Waals surface area contributed by atoms with Gasteiger partial charge in [-0.2, -0.15) is 0 Å². The van der Waals surface area contributed by atoms with Crippen LogP contribution in [0.15, 0.2) is 48.5 Å². The molecule has 6 heteroatoms.